The van der Waals surface area contributed by atoms with Gasteiger partial charge >= 0.3 is 0 Å². The fraction of sp³-hybridized carbons (Fsp3) is 0.435. The first-order valence-electron chi connectivity index (χ1n) is 10.4. The van der Waals surface area contributed by atoms with E-state index < -0.39 is 0 Å². The van der Waals surface area contributed by atoms with Crippen LogP contribution in [-0.2, 0) is 12.8 Å². The second-order valence-corrected chi connectivity index (χ2v) is 8.59. The molecule has 0 unspecified atom stereocenters. The molecule has 2 aromatic carbocycles. The standard InChI is InChI=1S/C23H29Cl2N3O2/c1-16(14-17-6-3-2-4-7-17)27-23(30)19-15-20(24)18(21(25)22(19)29)8-5-11-28-12-9-26-10-13-28/h2-4,6-7,15-16,26,29H,5,8-14H2,1H3,(H,27,30)/t16-/m1/s1. The molecule has 0 bridgehead atoms. The molecule has 7 heteroatoms. The first-order chi connectivity index (χ1) is 14.5. The van der Waals surface area contributed by atoms with Crippen LogP contribution in [0.15, 0.2) is 36.4 Å². The van der Waals surface area contributed by atoms with Crippen molar-refractivity contribution >= 4 is 29.1 Å². The van der Waals surface area contributed by atoms with E-state index in [1.165, 1.54) is 6.07 Å². The Hall–Kier alpha value is -1.79. The number of aromatic hydroxyl groups is 1. The van der Waals surface area contributed by atoms with Gasteiger partial charge in [-0.25, -0.2) is 0 Å². The number of carbonyl (C=O) groups excluding carboxylic acids is 1. The fourth-order valence-corrected chi connectivity index (χ4v) is 4.43. The van der Waals surface area contributed by atoms with Crippen LogP contribution in [-0.4, -0.2) is 54.7 Å². The number of piperazine rings is 1. The van der Waals surface area contributed by atoms with Gasteiger partial charge in [0.05, 0.1) is 10.6 Å². The molecule has 0 radical (unpaired) electrons. The van der Waals surface area contributed by atoms with Crippen molar-refractivity contribution in [1.82, 2.24) is 15.5 Å². The summed E-state index contributed by atoms with van der Waals surface area (Å²) in [7, 11) is 0. The Bertz CT molecular complexity index is 855. The van der Waals surface area contributed by atoms with Gasteiger partial charge < -0.3 is 20.6 Å². The summed E-state index contributed by atoms with van der Waals surface area (Å²) in [5.74, 6) is -0.588. The highest BCUT2D eigenvalue weighted by Crippen LogP contribution is 2.37. The van der Waals surface area contributed by atoms with E-state index in [4.69, 9.17) is 23.2 Å². The van der Waals surface area contributed by atoms with E-state index in [0.717, 1.165) is 44.7 Å². The summed E-state index contributed by atoms with van der Waals surface area (Å²) in [6.45, 7) is 6.97. The van der Waals surface area contributed by atoms with Crippen LogP contribution in [0.5, 0.6) is 5.75 Å². The van der Waals surface area contributed by atoms with Crippen molar-refractivity contribution < 1.29 is 9.90 Å². The van der Waals surface area contributed by atoms with Gasteiger partial charge in [-0.1, -0.05) is 53.5 Å². The van der Waals surface area contributed by atoms with E-state index in [-0.39, 0.29) is 28.3 Å². The van der Waals surface area contributed by atoms with Crippen molar-refractivity contribution in [3.63, 3.8) is 0 Å². The molecule has 0 aromatic heterocycles. The van der Waals surface area contributed by atoms with E-state index in [9.17, 15) is 9.90 Å². The molecule has 3 rings (SSSR count). The lowest BCUT2D eigenvalue weighted by molar-refractivity contribution is 0.0937. The van der Waals surface area contributed by atoms with Gasteiger partial charge in [-0.3, -0.25) is 4.79 Å². The molecule has 30 heavy (non-hydrogen) atoms. The number of benzene rings is 2. The molecule has 0 spiro atoms. The Balaban J connectivity index is 1.61. The van der Waals surface area contributed by atoms with Crippen LogP contribution in [0.25, 0.3) is 0 Å². The minimum Gasteiger partial charge on any atom is -0.506 e. The van der Waals surface area contributed by atoms with Crippen molar-refractivity contribution in [1.29, 1.82) is 0 Å². The number of halogens is 2. The van der Waals surface area contributed by atoms with E-state index in [0.29, 0.717) is 23.4 Å². The fourth-order valence-electron chi connectivity index (χ4n) is 3.78. The number of hydrogen-bond acceptors (Lipinski definition) is 4. The Labute approximate surface area is 188 Å². The SMILES string of the molecule is C[C@H](Cc1ccccc1)NC(=O)c1cc(Cl)c(CCCN2CCNCC2)c(Cl)c1O. The van der Waals surface area contributed by atoms with E-state index in [1.807, 2.05) is 37.3 Å². The van der Waals surface area contributed by atoms with Gasteiger partial charge in [0.2, 0.25) is 0 Å². The quantitative estimate of drug-likeness (QED) is 0.571. The molecule has 1 fully saturated rings. The van der Waals surface area contributed by atoms with Crippen molar-refractivity contribution in [2.45, 2.75) is 32.2 Å². The largest absolute Gasteiger partial charge is 0.506 e. The van der Waals surface area contributed by atoms with Gasteiger partial charge in [-0.05, 0) is 49.9 Å². The summed E-state index contributed by atoms with van der Waals surface area (Å²) >= 11 is 12.8. The van der Waals surface area contributed by atoms with Gasteiger partial charge in [0.25, 0.3) is 5.91 Å². The molecule has 1 heterocycles. The number of amides is 1. The first kappa shape index (κ1) is 22.9. The van der Waals surface area contributed by atoms with Crippen LogP contribution in [0.4, 0.5) is 0 Å². The molecule has 1 saturated heterocycles. The number of carbonyl (C=O) groups is 1. The highest BCUT2D eigenvalue weighted by molar-refractivity contribution is 6.37. The van der Waals surface area contributed by atoms with Gasteiger partial charge in [0, 0.05) is 37.2 Å². The number of nitrogens with zero attached hydrogens (tertiary/aromatic N) is 1. The third-order valence-electron chi connectivity index (χ3n) is 5.40. The van der Waals surface area contributed by atoms with Crippen LogP contribution < -0.4 is 10.6 Å². The lowest BCUT2D eigenvalue weighted by Crippen LogP contribution is -2.43. The smallest absolute Gasteiger partial charge is 0.255 e. The summed E-state index contributed by atoms with van der Waals surface area (Å²) in [5.41, 5.74) is 1.93. The van der Waals surface area contributed by atoms with Crippen LogP contribution in [0.3, 0.4) is 0 Å². The molecule has 3 N–H and O–H groups in total. The van der Waals surface area contributed by atoms with Gasteiger partial charge in [0.1, 0.15) is 5.75 Å². The summed E-state index contributed by atoms with van der Waals surface area (Å²) in [6.07, 6.45) is 2.24. The lowest BCUT2D eigenvalue weighted by Gasteiger charge is -2.27. The zero-order chi connectivity index (χ0) is 21.5. The van der Waals surface area contributed by atoms with Crippen molar-refractivity contribution in [2.75, 3.05) is 32.7 Å². The van der Waals surface area contributed by atoms with Crippen LogP contribution in [0, 0.1) is 0 Å². The average Bonchev–Trinajstić information content (AvgIpc) is 2.74. The van der Waals surface area contributed by atoms with Crippen LogP contribution >= 0.6 is 23.2 Å². The Morgan fingerprint density at radius 1 is 1.23 bits per heavy atom. The van der Waals surface area contributed by atoms with Crippen molar-refractivity contribution in [3.8, 4) is 5.75 Å². The van der Waals surface area contributed by atoms with E-state index >= 15 is 0 Å². The highest BCUT2D eigenvalue weighted by Gasteiger charge is 2.21. The summed E-state index contributed by atoms with van der Waals surface area (Å²) < 4.78 is 0. The highest BCUT2D eigenvalue weighted by atomic mass is 35.5. The molecule has 5 nitrogen and oxygen atoms in total. The maximum atomic E-state index is 12.7. The number of phenolic OH excluding ortho intramolecular Hbond substituents is 1. The molecule has 1 atom stereocenters. The Morgan fingerprint density at radius 2 is 1.93 bits per heavy atom. The molecule has 2 aromatic rings. The number of phenols is 1. The van der Waals surface area contributed by atoms with Crippen LogP contribution in [0.1, 0.15) is 34.8 Å². The second-order valence-electron chi connectivity index (χ2n) is 7.81. The predicted molar refractivity (Wildman–Crippen MR) is 123 cm³/mol. The zero-order valence-corrected chi connectivity index (χ0v) is 18.8. The predicted octanol–water partition coefficient (Wildman–Crippen LogP) is 3.90. The van der Waals surface area contributed by atoms with Crippen LogP contribution in [0.2, 0.25) is 10.0 Å². The Morgan fingerprint density at radius 3 is 2.63 bits per heavy atom. The molecular formula is C23H29Cl2N3O2. The third-order valence-corrected chi connectivity index (χ3v) is 6.15. The minimum atomic E-state index is -0.382. The van der Waals surface area contributed by atoms with Gasteiger partial charge in [0.15, 0.2) is 0 Å². The maximum Gasteiger partial charge on any atom is 0.255 e. The van der Waals surface area contributed by atoms with Gasteiger partial charge in [-0.2, -0.15) is 0 Å². The summed E-state index contributed by atoms with van der Waals surface area (Å²) in [6, 6.07) is 11.3. The maximum absolute atomic E-state index is 12.7. The molecule has 1 aliphatic heterocycles. The molecule has 1 aliphatic rings. The normalized spacial score (nSPS) is 15.7. The van der Waals surface area contributed by atoms with Gasteiger partial charge in [-0.15, -0.1) is 0 Å². The lowest BCUT2D eigenvalue weighted by atomic mass is 10.0. The van der Waals surface area contributed by atoms with Crippen molar-refractivity contribution in [3.05, 3.63) is 63.1 Å². The molecule has 1 amide bonds. The van der Waals surface area contributed by atoms with E-state index in [1.54, 1.807) is 0 Å². The number of rotatable bonds is 8. The first-order valence-corrected chi connectivity index (χ1v) is 11.2. The summed E-state index contributed by atoms with van der Waals surface area (Å²) in [4.78, 5) is 15.1. The minimum absolute atomic E-state index is 0.101. The van der Waals surface area contributed by atoms with E-state index in [2.05, 4.69) is 15.5 Å². The number of hydrogen-bond donors (Lipinski definition) is 3. The monoisotopic (exact) mass is 449 g/mol. The second kappa shape index (κ2) is 11.0. The Kier molecular flexibility index (Phi) is 8.40. The summed E-state index contributed by atoms with van der Waals surface area (Å²) in [5, 5.41) is 17.4. The molecule has 0 saturated carbocycles. The number of nitrogens with one attached hydrogen (secondary N) is 2. The molecule has 162 valence electrons. The zero-order valence-electron chi connectivity index (χ0n) is 17.3. The third kappa shape index (κ3) is 6.11. The average molecular weight is 450 g/mol. The molecular weight excluding hydrogens is 421 g/mol. The van der Waals surface area contributed by atoms with Crippen molar-refractivity contribution in [2.24, 2.45) is 0 Å². The molecule has 0 aliphatic carbocycles. The topological polar surface area (TPSA) is 64.6 Å².